The molecule has 3 aliphatic rings. The van der Waals surface area contributed by atoms with Crippen LogP contribution in [-0.4, -0.2) is 69.8 Å². The number of rotatable bonds is 4. The van der Waals surface area contributed by atoms with E-state index in [2.05, 4.69) is 30.9 Å². The highest BCUT2D eigenvalue weighted by molar-refractivity contribution is 5.80. The molecule has 6 bridgehead atoms. The van der Waals surface area contributed by atoms with E-state index in [4.69, 9.17) is 29.0 Å². The monoisotopic (exact) mass is 670 g/mol. The molecular weight excluding hydrogens is 620 g/mol. The number of carboxylic acid groups (broad SMARTS) is 1. The van der Waals surface area contributed by atoms with E-state index in [0.717, 1.165) is 72.4 Å². The number of anilines is 1. The number of aliphatic carboxylic acids is 1. The van der Waals surface area contributed by atoms with Gasteiger partial charge in [0.05, 0.1) is 35.7 Å². The Kier molecular flexibility index (Phi) is 9.91. The van der Waals surface area contributed by atoms with Gasteiger partial charge in [-0.2, -0.15) is 9.61 Å². The Morgan fingerprint density at radius 1 is 1.06 bits per heavy atom. The van der Waals surface area contributed by atoms with Crippen LogP contribution in [0.25, 0.3) is 28.0 Å². The third-order valence-corrected chi connectivity index (χ3v) is 9.57. The second-order valence-corrected chi connectivity index (χ2v) is 14.7. The second-order valence-electron chi connectivity index (χ2n) is 14.7. The van der Waals surface area contributed by atoms with E-state index in [1.54, 1.807) is 11.6 Å². The van der Waals surface area contributed by atoms with Crippen LogP contribution in [0.2, 0.25) is 0 Å². The minimum atomic E-state index is -1.23. The van der Waals surface area contributed by atoms with Crippen molar-refractivity contribution in [3.63, 3.8) is 0 Å². The number of fused-ring (bicyclic) bond motifs is 9. The van der Waals surface area contributed by atoms with Gasteiger partial charge in [-0.3, -0.25) is 0 Å². The summed E-state index contributed by atoms with van der Waals surface area (Å²) in [6.07, 6.45) is 4.48. The minimum Gasteiger partial charge on any atom is -0.497 e. The van der Waals surface area contributed by atoms with Crippen molar-refractivity contribution in [3.8, 4) is 33.9 Å². The molecule has 0 unspecified atom stereocenters. The number of carboxylic acids is 1. The third-order valence-electron chi connectivity index (χ3n) is 9.57. The highest BCUT2D eigenvalue weighted by atomic mass is 16.5. The summed E-state index contributed by atoms with van der Waals surface area (Å²) in [7, 11) is 1.67. The molecule has 1 N–H and O–H groups in total. The molecule has 7 rings (SSSR count). The molecule has 0 amide bonds. The Morgan fingerprint density at radius 2 is 1.82 bits per heavy atom. The minimum absolute atomic E-state index is 0.0458. The first-order valence-electron chi connectivity index (χ1n) is 17.5. The fourth-order valence-electron chi connectivity index (χ4n) is 6.90. The van der Waals surface area contributed by atoms with Crippen LogP contribution in [0.15, 0.2) is 48.5 Å². The lowest BCUT2D eigenvalue weighted by Crippen LogP contribution is -2.46. The summed E-state index contributed by atoms with van der Waals surface area (Å²) >= 11 is 0. The van der Waals surface area contributed by atoms with Gasteiger partial charge in [0.1, 0.15) is 17.3 Å². The van der Waals surface area contributed by atoms with Gasteiger partial charge in [-0.25, -0.2) is 9.78 Å². The molecule has 0 aliphatic carbocycles. The predicted octanol–water partition coefficient (Wildman–Crippen LogP) is 8.04. The zero-order chi connectivity index (χ0) is 34.9. The van der Waals surface area contributed by atoms with Crippen LogP contribution in [0.4, 0.5) is 5.82 Å². The standard InChI is InChI=1S/C39H50N4O6/c1-25-12-9-8-10-21-47-39(6)17-19-42(20-18-39)36-34(35(37(44)45)49-38(3,4)5)26(2)40-33-24-31(41-43(33)36)28-14-11-13-27(22-28)30-23-29(46-7)15-16-32(30)48-25/h11,13-16,22-25,35H,8-10,12,17-21H2,1-7H3,(H,44,45)/t25-,35-/m0/s1. The molecule has 2 aromatic heterocycles. The van der Waals surface area contributed by atoms with E-state index in [1.165, 1.54) is 0 Å². The molecule has 3 aliphatic heterocycles. The topological polar surface area (TPSA) is 108 Å². The van der Waals surface area contributed by atoms with Gasteiger partial charge in [-0.1, -0.05) is 24.6 Å². The third kappa shape index (κ3) is 7.70. The summed E-state index contributed by atoms with van der Waals surface area (Å²) in [6, 6.07) is 16.1. The van der Waals surface area contributed by atoms with E-state index in [0.29, 0.717) is 42.4 Å². The van der Waals surface area contributed by atoms with E-state index < -0.39 is 17.7 Å². The number of hydrogen-bond donors (Lipinski definition) is 1. The number of methoxy groups -OCH3 is 1. The van der Waals surface area contributed by atoms with Crippen molar-refractivity contribution in [3.05, 3.63) is 59.8 Å². The SMILES string of the molecule is COc1ccc2c(c1)-c1cccc(c1)-c1cc3nc(C)c([C@H](OC(C)(C)C)C(=O)O)c(n3n1)N1CCC(C)(CC1)OCCCCC[C@H](C)O2. The van der Waals surface area contributed by atoms with Crippen molar-refractivity contribution >= 4 is 17.4 Å². The number of ether oxygens (including phenoxy) is 4. The van der Waals surface area contributed by atoms with Crippen molar-refractivity contribution in [1.82, 2.24) is 14.6 Å². The molecule has 2 atom stereocenters. The molecule has 0 spiro atoms. The van der Waals surface area contributed by atoms with Crippen molar-refractivity contribution in [2.45, 2.75) is 103 Å². The van der Waals surface area contributed by atoms with Gasteiger partial charge in [0, 0.05) is 42.6 Å². The Bertz CT molecular complexity index is 1800. The Balaban J connectivity index is 1.52. The lowest BCUT2D eigenvalue weighted by Gasteiger charge is -2.41. The lowest BCUT2D eigenvalue weighted by molar-refractivity contribution is -0.160. The van der Waals surface area contributed by atoms with Gasteiger partial charge in [0.15, 0.2) is 11.8 Å². The molecule has 262 valence electrons. The molecule has 2 aromatic carbocycles. The molecular formula is C39H50N4O6. The second kappa shape index (κ2) is 14.0. The van der Waals surface area contributed by atoms with E-state index in [-0.39, 0.29) is 11.7 Å². The predicted molar refractivity (Wildman–Crippen MR) is 191 cm³/mol. The molecule has 5 heterocycles. The summed E-state index contributed by atoms with van der Waals surface area (Å²) < 4.78 is 26.7. The molecule has 4 aromatic rings. The number of hydrogen-bond acceptors (Lipinski definition) is 8. The molecule has 1 saturated heterocycles. The summed E-state index contributed by atoms with van der Waals surface area (Å²) in [6.45, 7) is 13.9. The largest absolute Gasteiger partial charge is 0.497 e. The molecule has 1 fully saturated rings. The van der Waals surface area contributed by atoms with Gasteiger partial charge in [0.2, 0.25) is 0 Å². The summed E-state index contributed by atoms with van der Waals surface area (Å²) in [5, 5.41) is 15.6. The molecule has 0 saturated carbocycles. The number of nitrogens with zero attached hydrogens (tertiary/aromatic N) is 4. The van der Waals surface area contributed by atoms with Gasteiger partial charge >= 0.3 is 5.97 Å². The maximum absolute atomic E-state index is 12.9. The first-order chi connectivity index (χ1) is 23.3. The van der Waals surface area contributed by atoms with Crippen molar-refractivity contribution < 1.29 is 28.8 Å². The molecule has 49 heavy (non-hydrogen) atoms. The van der Waals surface area contributed by atoms with Crippen molar-refractivity contribution in [1.29, 1.82) is 0 Å². The van der Waals surface area contributed by atoms with Gasteiger partial charge < -0.3 is 29.0 Å². The highest BCUT2D eigenvalue weighted by Gasteiger charge is 2.38. The van der Waals surface area contributed by atoms with Gasteiger partial charge in [-0.15, -0.1) is 0 Å². The fraction of sp³-hybridized carbons (Fsp3) is 0.513. The summed E-state index contributed by atoms with van der Waals surface area (Å²) in [4.78, 5) is 20.0. The maximum atomic E-state index is 12.9. The van der Waals surface area contributed by atoms with E-state index in [1.807, 2.05) is 64.1 Å². The van der Waals surface area contributed by atoms with Crippen LogP contribution in [-0.2, 0) is 14.3 Å². The van der Waals surface area contributed by atoms with E-state index >= 15 is 0 Å². The van der Waals surface area contributed by atoms with E-state index in [9.17, 15) is 9.90 Å². The van der Waals surface area contributed by atoms with Crippen LogP contribution >= 0.6 is 0 Å². The van der Waals surface area contributed by atoms with Crippen molar-refractivity contribution in [2.24, 2.45) is 0 Å². The fourth-order valence-corrected chi connectivity index (χ4v) is 6.90. The quantitative estimate of drug-likeness (QED) is 0.231. The Labute approximate surface area is 289 Å². The average Bonchev–Trinajstić information content (AvgIpc) is 3.48. The summed E-state index contributed by atoms with van der Waals surface area (Å²) in [5.41, 5.74) is 4.35. The Morgan fingerprint density at radius 3 is 2.53 bits per heavy atom. The highest BCUT2D eigenvalue weighted by Crippen LogP contribution is 2.40. The van der Waals surface area contributed by atoms with Crippen molar-refractivity contribution in [2.75, 3.05) is 31.7 Å². The number of carbonyl (C=O) groups is 1. The first-order valence-corrected chi connectivity index (χ1v) is 17.5. The van der Waals surface area contributed by atoms with Crippen LogP contribution in [0, 0.1) is 6.92 Å². The lowest BCUT2D eigenvalue weighted by atomic mass is 9.92. The average molecular weight is 671 g/mol. The van der Waals surface area contributed by atoms with Crippen LogP contribution < -0.4 is 14.4 Å². The van der Waals surface area contributed by atoms with Gasteiger partial charge in [0.25, 0.3) is 0 Å². The summed E-state index contributed by atoms with van der Waals surface area (Å²) in [5.74, 6) is 1.19. The molecule has 0 radical (unpaired) electrons. The number of aryl methyl sites for hydroxylation is 1. The molecule has 10 heteroatoms. The van der Waals surface area contributed by atoms with Crippen LogP contribution in [0.5, 0.6) is 11.5 Å². The Hall–Kier alpha value is -4.15. The number of aromatic nitrogens is 3. The number of benzene rings is 2. The maximum Gasteiger partial charge on any atom is 0.337 e. The molecule has 10 nitrogen and oxygen atoms in total. The smallest absolute Gasteiger partial charge is 0.337 e. The zero-order valence-corrected chi connectivity index (χ0v) is 29.9. The van der Waals surface area contributed by atoms with Crippen LogP contribution in [0.3, 0.4) is 0 Å². The van der Waals surface area contributed by atoms with Crippen LogP contribution in [0.1, 0.15) is 90.5 Å². The first kappa shape index (κ1) is 34.7. The zero-order valence-electron chi connectivity index (χ0n) is 29.9. The van der Waals surface area contributed by atoms with Gasteiger partial charge in [-0.05, 0) is 103 Å². The normalized spacial score (nSPS) is 21.1. The number of piperidine rings is 1.